The number of carbonyl (C=O) groups is 1. The van der Waals surface area contributed by atoms with Crippen LogP contribution in [0.15, 0.2) is 57.9 Å². The monoisotopic (exact) mass is 657 g/mol. The number of carbonyl (C=O) groups excluding carboxylic acids is 1. The van der Waals surface area contributed by atoms with Gasteiger partial charge in [-0.1, -0.05) is 19.9 Å². The van der Waals surface area contributed by atoms with Gasteiger partial charge in [0, 0.05) is 30.4 Å². The van der Waals surface area contributed by atoms with E-state index < -0.39 is 33.0 Å². The van der Waals surface area contributed by atoms with Gasteiger partial charge in [-0.2, -0.15) is 21.6 Å². The van der Waals surface area contributed by atoms with Crippen molar-refractivity contribution in [1.82, 2.24) is 4.98 Å². The molecule has 1 aliphatic rings. The highest BCUT2D eigenvalue weighted by atomic mass is 32.2. The molecule has 0 bridgehead atoms. The lowest BCUT2D eigenvalue weighted by Gasteiger charge is -2.37. The van der Waals surface area contributed by atoms with Crippen LogP contribution in [0.1, 0.15) is 66.7 Å². The Morgan fingerprint density at radius 1 is 1.11 bits per heavy atom. The molecule has 1 fully saturated rings. The Labute approximate surface area is 264 Å². The van der Waals surface area contributed by atoms with E-state index in [4.69, 9.17) is 4.42 Å². The lowest BCUT2D eigenvalue weighted by molar-refractivity contribution is -0.0500. The molecule has 0 amide bonds. The molecule has 0 radical (unpaired) electrons. The fourth-order valence-corrected chi connectivity index (χ4v) is 6.07. The van der Waals surface area contributed by atoms with Gasteiger partial charge in [0.05, 0.1) is 33.9 Å². The first-order chi connectivity index (χ1) is 21.5. The summed E-state index contributed by atoms with van der Waals surface area (Å²) in [5, 5.41) is 3.86. The maximum absolute atomic E-state index is 13.6. The van der Waals surface area contributed by atoms with E-state index in [-0.39, 0.29) is 17.1 Å². The third-order valence-corrected chi connectivity index (χ3v) is 9.28. The maximum atomic E-state index is 13.6. The molecular weight excluding hydrogens is 623 g/mol. The van der Waals surface area contributed by atoms with Crippen molar-refractivity contribution in [3.8, 4) is 17.0 Å². The number of fused-ring (bicyclic) bond motifs is 1. The molecule has 46 heavy (non-hydrogen) atoms. The second kappa shape index (κ2) is 12.1. The fourth-order valence-electron chi connectivity index (χ4n) is 5.59. The molecule has 5 rings (SSSR count). The van der Waals surface area contributed by atoms with Crippen LogP contribution in [0.4, 0.5) is 24.7 Å². The van der Waals surface area contributed by atoms with E-state index in [1.165, 1.54) is 18.3 Å². The topological polar surface area (TPSA) is 119 Å². The van der Waals surface area contributed by atoms with Crippen LogP contribution >= 0.6 is 0 Å². The molecule has 9 nitrogen and oxygen atoms in total. The molecule has 0 spiro atoms. The van der Waals surface area contributed by atoms with E-state index in [2.05, 4.69) is 33.2 Å². The van der Waals surface area contributed by atoms with Crippen molar-refractivity contribution in [2.24, 2.45) is 5.41 Å². The highest BCUT2D eigenvalue weighted by Gasteiger charge is 2.48. The number of hydrogen-bond acceptors (Lipinski definition) is 9. The third-order valence-electron chi connectivity index (χ3n) is 8.31. The van der Waals surface area contributed by atoms with Gasteiger partial charge in [0.1, 0.15) is 5.58 Å². The minimum atomic E-state index is -5.98. The first-order valence-corrected chi connectivity index (χ1v) is 16.1. The van der Waals surface area contributed by atoms with Crippen LogP contribution in [0.2, 0.25) is 0 Å². The zero-order chi connectivity index (χ0) is 33.6. The molecule has 1 saturated heterocycles. The van der Waals surface area contributed by atoms with Gasteiger partial charge in [-0.05, 0) is 81.0 Å². The van der Waals surface area contributed by atoms with Crippen molar-refractivity contribution in [3.05, 3.63) is 81.1 Å². The average Bonchev–Trinajstić information content (AvgIpc) is 2.99. The standard InChI is InChI=1S/C33H34F3N3O6S/c1-19-15-24(30-25(16-19)29(41)20(2)31(44-30)39-13-10-32(4,5)11-14-39)21(3)38-26-7-6-12-37-28(26)22-8-9-27(23(17-22)18-40)45-46(42,43)33(34,35)36/h6-9,12,15-18,21,38H,10-11,13-14H2,1-5H3/t21-/m1/s1. The Bertz CT molecular complexity index is 1980. The zero-order valence-electron chi connectivity index (χ0n) is 26.0. The van der Waals surface area contributed by atoms with Crippen LogP contribution in [-0.4, -0.2) is 38.3 Å². The lowest BCUT2D eigenvalue weighted by atomic mass is 9.82. The minimum absolute atomic E-state index is 0.100. The van der Waals surface area contributed by atoms with Crippen molar-refractivity contribution in [2.45, 2.75) is 59.0 Å². The van der Waals surface area contributed by atoms with Gasteiger partial charge < -0.3 is 18.8 Å². The first-order valence-electron chi connectivity index (χ1n) is 14.7. The summed E-state index contributed by atoms with van der Waals surface area (Å²) in [5.41, 5.74) is -2.19. The van der Waals surface area contributed by atoms with Gasteiger partial charge in [-0.3, -0.25) is 14.6 Å². The number of alkyl halides is 3. The molecule has 4 aromatic rings. The molecule has 1 atom stereocenters. The largest absolute Gasteiger partial charge is 0.534 e. The molecule has 1 aliphatic heterocycles. The van der Waals surface area contributed by atoms with E-state index in [1.54, 1.807) is 19.1 Å². The molecule has 0 unspecified atom stereocenters. The lowest BCUT2D eigenvalue weighted by Crippen LogP contribution is -2.38. The Morgan fingerprint density at radius 2 is 1.80 bits per heavy atom. The van der Waals surface area contributed by atoms with Crippen molar-refractivity contribution < 1.29 is 35.0 Å². The number of benzene rings is 2. The number of hydrogen-bond donors (Lipinski definition) is 1. The number of piperidine rings is 1. The normalized spacial score (nSPS) is 15.9. The Morgan fingerprint density at radius 3 is 2.46 bits per heavy atom. The van der Waals surface area contributed by atoms with Crippen LogP contribution in [0.25, 0.3) is 22.2 Å². The van der Waals surface area contributed by atoms with Crippen LogP contribution in [0, 0.1) is 19.3 Å². The summed E-state index contributed by atoms with van der Waals surface area (Å²) in [6, 6.07) is 10.2. The van der Waals surface area contributed by atoms with E-state index in [0.717, 1.165) is 43.1 Å². The molecule has 3 heterocycles. The number of aromatic nitrogens is 1. The number of rotatable bonds is 8. The number of nitrogens with zero attached hydrogens (tertiary/aromatic N) is 2. The van der Waals surface area contributed by atoms with Crippen LogP contribution in [0.5, 0.6) is 5.75 Å². The maximum Gasteiger partial charge on any atom is 0.534 e. The van der Waals surface area contributed by atoms with Gasteiger partial charge in [0.25, 0.3) is 0 Å². The second-order valence-electron chi connectivity index (χ2n) is 12.4. The predicted molar refractivity (Wildman–Crippen MR) is 170 cm³/mol. The van der Waals surface area contributed by atoms with E-state index >= 15 is 0 Å². The predicted octanol–water partition coefficient (Wildman–Crippen LogP) is 7.31. The van der Waals surface area contributed by atoms with Gasteiger partial charge in [-0.25, -0.2) is 0 Å². The number of pyridine rings is 1. The smallest absolute Gasteiger partial charge is 0.440 e. The van der Waals surface area contributed by atoms with Crippen LogP contribution < -0.4 is 19.8 Å². The highest BCUT2D eigenvalue weighted by molar-refractivity contribution is 7.88. The number of anilines is 2. The molecule has 2 aromatic heterocycles. The number of aldehydes is 1. The molecule has 244 valence electrons. The van der Waals surface area contributed by atoms with Gasteiger partial charge in [0.2, 0.25) is 5.88 Å². The minimum Gasteiger partial charge on any atom is -0.440 e. The van der Waals surface area contributed by atoms with Crippen molar-refractivity contribution >= 4 is 38.9 Å². The molecule has 13 heteroatoms. The molecule has 0 aliphatic carbocycles. The summed E-state index contributed by atoms with van der Waals surface area (Å²) in [7, 11) is -5.98. The van der Waals surface area contributed by atoms with Gasteiger partial charge in [-0.15, -0.1) is 0 Å². The van der Waals surface area contributed by atoms with Crippen LogP contribution in [0.3, 0.4) is 0 Å². The summed E-state index contributed by atoms with van der Waals surface area (Å²) >= 11 is 0. The fraction of sp³-hybridized carbons (Fsp3) is 0.364. The summed E-state index contributed by atoms with van der Waals surface area (Å²) in [6.45, 7) is 11.6. The molecular formula is C33H34F3N3O6S. The summed E-state index contributed by atoms with van der Waals surface area (Å²) < 4.78 is 72.4. The summed E-state index contributed by atoms with van der Waals surface area (Å²) in [6.07, 6.45) is 3.63. The van der Waals surface area contributed by atoms with E-state index in [0.29, 0.717) is 39.4 Å². The number of aryl methyl sites for hydroxylation is 1. The summed E-state index contributed by atoms with van der Waals surface area (Å²) in [5.74, 6) is -0.205. The van der Waals surface area contributed by atoms with Crippen molar-refractivity contribution in [3.63, 3.8) is 0 Å². The third kappa shape index (κ3) is 6.46. The number of halogens is 3. The van der Waals surface area contributed by atoms with Crippen molar-refractivity contribution in [1.29, 1.82) is 0 Å². The zero-order valence-corrected chi connectivity index (χ0v) is 26.8. The van der Waals surface area contributed by atoms with E-state index in [9.17, 15) is 31.2 Å². The Balaban J connectivity index is 1.52. The number of nitrogens with one attached hydrogen (secondary N) is 1. The second-order valence-corrected chi connectivity index (χ2v) is 13.9. The Hall–Kier alpha value is -4.39. The summed E-state index contributed by atoms with van der Waals surface area (Å²) in [4.78, 5) is 31.9. The SMILES string of the molecule is Cc1cc([C@@H](C)Nc2cccnc2-c2ccc(OS(=O)(=O)C(F)(F)F)c(C=O)c2)c2oc(N3CCC(C)(C)CC3)c(C)c(=O)c2c1. The Kier molecular flexibility index (Phi) is 8.67. The van der Waals surface area contributed by atoms with Crippen molar-refractivity contribution in [2.75, 3.05) is 23.3 Å². The highest BCUT2D eigenvalue weighted by Crippen LogP contribution is 2.37. The molecule has 2 aromatic carbocycles. The quantitative estimate of drug-likeness (QED) is 0.118. The van der Waals surface area contributed by atoms with Gasteiger partial charge in [0.15, 0.2) is 17.5 Å². The van der Waals surface area contributed by atoms with Gasteiger partial charge >= 0.3 is 15.6 Å². The van der Waals surface area contributed by atoms with E-state index in [1.807, 2.05) is 26.0 Å². The first kappa shape index (κ1) is 33.0. The molecule has 0 saturated carbocycles. The molecule has 1 N–H and O–H groups in total. The van der Waals surface area contributed by atoms with Crippen LogP contribution in [-0.2, 0) is 10.1 Å². The average molecular weight is 658 g/mol.